The molecule has 0 bridgehead atoms. The smallest absolute Gasteiger partial charge is 0.124 e. The molecule has 0 aliphatic heterocycles. The van der Waals surface area contributed by atoms with Crippen molar-refractivity contribution in [3.8, 4) is 11.5 Å². The zero-order chi connectivity index (χ0) is 13.7. The van der Waals surface area contributed by atoms with E-state index in [0.29, 0.717) is 17.0 Å². The first-order valence-corrected chi connectivity index (χ1v) is 5.84. The van der Waals surface area contributed by atoms with Crippen LogP contribution >= 0.6 is 0 Å². The molecular weight excluding hydrogens is 242 g/mol. The topological polar surface area (TPSA) is 62.0 Å². The van der Waals surface area contributed by atoms with Gasteiger partial charge >= 0.3 is 0 Å². The summed E-state index contributed by atoms with van der Waals surface area (Å²) in [5.74, 6) is 0.797. The summed E-state index contributed by atoms with van der Waals surface area (Å²) in [6.45, 7) is -0.0201. The first-order valence-electron chi connectivity index (χ1n) is 5.84. The van der Waals surface area contributed by atoms with E-state index < -0.39 is 0 Å². The van der Waals surface area contributed by atoms with Crippen LogP contribution in [0.15, 0.2) is 47.5 Å². The number of aliphatic hydroxyl groups is 1. The zero-order valence-electron chi connectivity index (χ0n) is 10.6. The molecule has 0 atom stereocenters. The molecule has 2 rings (SSSR count). The number of methoxy groups -OCH3 is 1. The largest absolute Gasteiger partial charge is 0.507 e. The van der Waals surface area contributed by atoms with Crippen molar-refractivity contribution in [1.82, 2.24) is 0 Å². The van der Waals surface area contributed by atoms with Gasteiger partial charge in [-0.2, -0.15) is 0 Å². The molecule has 19 heavy (non-hydrogen) atoms. The number of aliphatic imine (C=N–C) groups is 1. The SMILES string of the molecule is COc1ccc(O)c(C=Nc2cccc(CO)c2)c1. The number of hydrogen-bond donors (Lipinski definition) is 2. The number of benzene rings is 2. The molecular formula is C15H15NO3. The van der Waals surface area contributed by atoms with Crippen LogP contribution in [0, 0.1) is 0 Å². The maximum absolute atomic E-state index is 9.72. The third kappa shape index (κ3) is 3.33. The number of aromatic hydroxyl groups is 1. The third-order valence-electron chi connectivity index (χ3n) is 2.68. The van der Waals surface area contributed by atoms with Crippen molar-refractivity contribution in [2.24, 2.45) is 4.99 Å². The van der Waals surface area contributed by atoms with E-state index in [4.69, 9.17) is 9.84 Å². The Kier molecular flexibility index (Phi) is 4.15. The van der Waals surface area contributed by atoms with E-state index in [2.05, 4.69) is 4.99 Å². The molecule has 0 saturated carbocycles. The second kappa shape index (κ2) is 6.02. The number of hydrogen-bond acceptors (Lipinski definition) is 4. The lowest BCUT2D eigenvalue weighted by molar-refractivity contribution is 0.282. The number of phenols is 1. The summed E-state index contributed by atoms with van der Waals surface area (Å²) in [4.78, 5) is 4.27. The summed E-state index contributed by atoms with van der Waals surface area (Å²) in [5, 5.41) is 18.8. The highest BCUT2D eigenvalue weighted by Gasteiger charge is 2.00. The lowest BCUT2D eigenvalue weighted by Crippen LogP contribution is -1.87. The molecule has 0 amide bonds. The quantitative estimate of drug-likeness (QED) is 0.828. The van der Waals surface area contributed by atoms with Gasteiger partial charge in [0.15, 0.2) is 0 Å². The second-order valence-corrected chi connectivity index (χ2v) is 4.01. The Morgan fingerprint density at radius 2 is 2.05 bits per heavy atom. The highest BCUT2D eigenvalue weighted by Crippen LogP contribution is 2.22. The van der Waals surface area contributed by atoms with Crippen molar-refractivity contribution in [1.29, 1.82) is 0 Å². The molecule has 0 fully saturated rings. The number of aliphatic hydroxyl groups excluding tert-OH is 1. The summed E-state index contributed by atoms with van der Waals surface area (Å²) in [6, 6.07) is 12.2. The summed E-state index contributed by atoms with van der Waals surface area (Å²) >= 11 is 0. The van der Waals surface area contributed by atoms with Gasteiger partial charge in [-0.25, -0.2) is 0 Å². The zero-order valence-corrected chi connectivity index (χ0v) is 10.6. The van der Waals surface area contributed by atoms with Gasteiger partial charge in [-0.3, -0.25) is 4.99 Å². The fraction of sp³-hybridized carbons (Fsp3) is 0.133. The first kappa shape index (κ1) is 13.1. The Morgan fingerprint density at radius 3 is 2.79 bits per heavy atom. The van der Waals surface area contributed by atoms with Gasteiger partial charge in [0, 0.05) is 11.8 Å². The van der Waals surface area contributed by atoms with Crippen molar-refractivity contribution in [3.63, 3.8) is 0 Å². The van der Waals surface area contributed by atoms with Gasteiger partial charge < -0.3 is 14.9 Å². The Balaban J connectivity index is 2.26. The van der Waals surface area contributed by atoms with E-state index in [0.717, 1.165) is 5.56 Å². The van der Waals surface area contributed by atoms with Crippen LogP contribution in [0.1, 0.15) is 11.1 Å². The predicted octanol–water partition coefficient (Wildman–Crippen LogP) is 2.64. The van der Waals surface area contributed by atoms with E-state index in [1.807, 2.05) is 18.2 Å². The average molecular weight is 257 g/mol. The van der Waals surface area contributed by atoms with Crippen LogP contribution in [0.5, 0.6) is 11.5 Å². The minimum absolute atomic E-state index is 0.0201. The van der Waals surface area contributed by atoms with Gasteiger partial charge in [0.05, 0.1) is 19.4 Å². The maximum Gasteiger partial charge on any atom is 0.124 e. The fourth-order valence-corrected chi connectivity index (χ4v) is 1.64. The molecule has 0 aliphatic rings. The molecule has 0 radical (unpaired) electrons. The normalized spacial score (nSPS) is 10.8. The maximum atomic E-state index is 9.72. The Morgan fingerprint density at radius 1 is 1.21 bits per heavy atom. The molecule has 0 heterocycles. The molecule has 4 nitrogen and oxygen atoms in total. The summed E-state index contributed by atoms with van der Waals surface area (Å²) in [6.07, 6.45) is 1.56. The first-order chi connectivity index (χ1) is 9.22. The lowest BCUT2D eigenvalue weighted by Gasteiger charge is -2.03. The van der Waals surface area contributed by atoms with Gasteiger partial charge in [-0.15, -0.1) is 0 Å². The van der Waals surface area contributed by atoms with E-state index >= 15 is 0 Å². The van der Waals surface area contributed by atoms with Gasteiger partial charge in [0.1, 0.15) is 11.5 Å². The molecule has 0 saturated heterocycles. The average Bonchev–Trinajstić information content (AvgIpc) is 2.46. The molecule has 0 spiro atoms. The van der Waals surface area contributed by atoms with Gasteiger partial charge in [0.25, 0.3) is 0 Å². The molecule has 0 aliphatic carbocycles. The number of ether oxygens (including phenoxy) is 1. The minimum Gasteiger partial charge on any atom is -0.507 e. The van der Waals surface area contributed by atoms with Crippen LogP contribution in [0.3, 0.4) is 0 Å². The van der Waals surface area contributed by atoms with Crippen molar-refractivity contribution in [2.45, 2.75) is 6.61 Å². The predicted molar refractivity (Wildman–Crippen MR) is 74.3 cm³/mol. The molecule has 2 aromatic rings. The Bertz CT molecular complexity index is 594. The summed E-state index contributed by atoms with van der Waals surface area (Å²) in [5.41, 5.74) is 2.09. The van der Waals surface area contributed by atoms with Crippen LogP contribution in [0.25, 0.3) is 0 Å². The molecule has 2 aromatic carbocycles. The van der Waals surface area contributed by atoms with E-state index in [-0.39, 0.29) is 12.4 Å². The van der Waals surface area contributed by atoms with Crippen molar-refractivity contribution in [2.75, 3.05) is 7.11 Å². The van der Waals surface area contributed by atoms with Gasteiger partial charge in [0.2, 0.25) is 0 Å². The Labute approximate surface area is 111 Å². The van der Waals surface area contributed by atoms with Crippen molar-refractivity contribution < 1.29 is 14.9 Å². The molecule has 2 N–H and O–H groups in total. The highest BCUT2D eigenvalue weighted by atomic mass is 16.5. The standard InChI is InChI=1S/C15H15NO3/c1-19-14-5-6-15(18)12(8-14)9-16-13-4-2-3-11(7-13)10-17/h2-9,17-18H,10H2,1H3. The van der Waals surface area contributed by atoms with E-state index in [1.54, 1.807) is 37.6 Å². The fourth-order valence-electron chi connectivity index (χ4n) is 1.64. The Hall–Kier alpha value is -2.33. The van der Waals surface area contributed by atoms with Crippen molar-refractivity contribution >= 4 is 11.9 Å². The number of rotatable bonds is 4. The van der Waals surface area contributed by atoms with Crippen LogP contribution in [0.4, 0.5) is 5.69 Å². The highest BCUT2D eigenvalue weighted by molar-refractivity contribution is 5.85. The molecule has 98 valence electrons. The molecule has 4 heteroatoms. The number of nitrogens with zero attached hydrogens (tertiary/aromatic N) is 1. The minimum atomic E-state index is -0.0201. The second-order valence-electron chi connectivity index (χ2n) is 4.01. The third-order valence-corrected chi connectivity index (χ3v) is 2.68. The van der Waals surface area contributed by atoms with Gasteiger partial charge in [-0.1, -0.05) is 12.1 Å². The van der Waals surface area contributed by atoms with E-state index in [9.17, 15) is 5.11 Å². The van der Waals surface area contributed by atoms with Crippen LogP contribution in [-0.4, -0.2) is 23.5 Å². The summed E-state index contributed by atoms with van der Waals surface area (Å²) in [7, 11) is 1.57. The van der Waals surface area contributed by atoms with Crippen LogP contribution in [-0.2, 0) is 6.61 Å². The van der Waals surface area contributed by atoms with Crippen molar-refractivity contribution in [3.05, 3.63) is 53.6 Å². The van der Waals surface area contributed by atoms with Crippen LogP contribution < -0.4 is 4.74 Å². The monoisotopic (exact) mass is 257 g/mol. The van der Waals surface area contributed by atoms with Gasteiger partial charge in [-0.05, 0) is 35.9 Å². The summed E-state index contributed by atoms with van der Waals surface area (Å²) < 4.78 is 5.09. The lowest BCUT2D eigenvalue weighted by atomic mass is 10.2. The molecule has 0 unspecified atom stereocenters. The molecule has 0 aromatic heterocycles. The van der Waals surface area contributed by atoms with Crippen LogP contribution in [0.2, 0.25) is 0 Å². The number of phenolic OH excluding ortho intramolecular Hbond substituents is 1. The van der Waals surface area contributed by atoms with E-state index in [1.165, 1.54) is 0 Å².